The van der Waals surface area contributed by atoms with E-state index in [0.717, 1.165) is 4.96 Å². The first-order chi connectivity index (χ1) is 13.3. The lowest BCUT2D eigenvalue weighted by Crippen LogP contribution is -2.58. The van der Waals surface area contributed by atoms with Crippen LogP contribution in [0.25, 0.3) is 4.96 Å². The molecule has 8 nitrogen and oxygen atoms in total. The van der Waals surface area contributed by atoms with Crippen molar-refractivity contribution < 1.29 is 14.4 Å². The Morgan fingerprint density at radius 1 is 1.29 bits per heavy atom. The van der Waals surface area contributed by atoms with Crippen LogP contribution in [-0.2, 0) is 4.79 Å². The Bertz CT molecular complexity index is 954. The lowest BCUT2D eigenvalue weighted by atomic mass is 9.85. The molecule has 2 aromatic rings. The van der Waals surface area contributed by atoms with Gasteiger partial charge < -0.3 is 9.80 Å². The maximum Gasteiger partial charge on any atom is 0.327 e. The molecule has 9 heteroatoms. The molecule has 28 heavy (non-hydrogen) atoms. The van der Waals surface area contributed by atoms with E-state index in [2.05, 4.69) is 4.98 Å². The van der Waals surface area contributed by atoms with Gasteiger partial charge in [-0.15, -0.1) is 11.3 Å². The first kappa shape index (κ1) is 18.9. The number of aromatic nitrogens is 2. The first-order valence-corrected chi connectivity index (χ1v) is 10.5. The van der Waals surface area contributed by atoms with Crippen molar-refractivity contribution in [2.24, 2.45) is 5.92 Å². The molecule has 0 bridgehead atoms. The van der Waals surface area contributed by atoms with E-state index in [0.29, 0.717) is 43.9 Å². The standard InChI is InChI=1S/C19H25N5O3S/c1-12(2)11-24-18(27)21(4)16(26)19(24)5-7-22(8-6-19)15(25)14-13(3)20-17-23(14)9-10-28-17/h9-10,12H,5-8,11H2,1-4H3. The smallest absolute Gasteiger partial charge is 0.327 e. The van der Waals surface area contributed by atoms with Gasteiger partial charge in [-0.2, -0.15) is 0 Å². The van der Waals surface area contributed by atoms with Crippen LogP contribution in [0.15, 0.2) is 11.6 Å². The molecule has 2 aromatic heterocycles. The van der Waals surface area contributed by atoms with Gasteiger partial charge in [0.2, 0.25) is 0 Å². The molecule has 0 radical (unpaired) electrons. The maximum absolute atomic E-state index is 13.2. The molecule has 0 aliphatic carbocycles. The van der Waals surface area contributed by atoms with Crippen LogP contribution in [0.1, 0.15) is 42.9 Å². The van der Waals surface area contributed by atoms with Gasteiger partial charge >= 0.3 is 6.03 Å². The van der Waals surface area contributed by atoms with Crippen LogP contribution in [0.4, 0.5) is 4.79 Å². The second-order valence-corrected chi connectivity index (χ2v) is 8.95. The van der Waals surface area contributed by atoms with Crippen LogP contribution < -0.4 is 0 Å². The number of hydrogen-bond donors (Lipinski definition) is 0. The molecule has 2 aliphatic heterocycles. The number of urea groups is 1. The largest absolute Gasteiger partial charge is 0.337 e. The fourth-order valence-corrected chi connectivity index (χ4v) is 5.12. The zero-order chi connectivity index (χ0) is 20.2. The Hall–Kier alpha value is -2.42. The Labute approximate surface area is 167 Å². The number of likely N-dealkylation sites (tertiary alicyclic amines) is 1. The summed E-state index contributed by atoms with van der Waals surface area (Å²) in [7, 11) is 1.55. The molecule has 0 aromatic carbocycles. The predicted molar refractivity (Wildman–Crippen MR) is 105 cm³/mol. The summed E-state index contributed by atoms with van der Waals surface area (Å²) in [4.78, 5) is 48.7. The number of carbonyl (C=O) groups is 3. The third kappa shape index (κ3) is 2.63. The van der Waals surface area contributed by atoms with Gasteiger partial charge in [0.05, 0.1) is 5.69 Å². The van der Waals surface area contributed by atoms with E-state index in [1.165, 1.54) is 16.2 Å². The Morgan fingerprint density at radius 2 is 1.96 bits per heavy atom. The Morgan fingerprint density at radius 3 is 2.61 bits per heavy atom. The van der Waals surface area contributed by atoms with Crippen LogP contribution in [0.5, 0.6) is 0 Å². The molecule has 4 heterocycles. The highest BCUT2D eigenvalue weighted by molar-refractivity contribution is 7.15. The van der Waals surface area contributed by atoms with E-state index in [-0.39, 0.29) is 23.8 Å². The Balaban J connectivity index is 1.57. The minimum absolute atomic E-state index is 0.0706. The third-order valence-electron chi connectivity index (χ3n) is 5.80. The summed E-state index contributed by atoms with van der Waals surface area (Å²) in [6.07, 6.45) is 2.78. The zero-order valence-electron chi connectivity index (χ0n) is 16.6. The normalized spacial score (nSPS) is 19.7. The zero-order valence-corrected chi connectivity index (χ0v) is 17.5. The summed E-state index contributed by atoms with van der Waals surface area (Å²) >= 11 is 1.50. The molecule has 2 aliphatic rings. The maximum atomic E-state index is 13.2. The fourth-order valence-electron chi connectivity index (χ4n) is 4.36. The summed E-state index contributed by atoms with van der Waals surface area (Å²) in [6, 6.07) is -0.231. The van der Waals surface area contributed by atoms with E-state index in [9.17, 15) is 14.4 Å². The van der Waals surface area contributed by atoms with Crippen LogP contribution in [-0.4, -0.2) is 74.2 Å². The lowest BCUT2D eigenvalue weighted by Gasteiger charge is -2.42. The molecule has 4 amide bonds. The first-order valence-electron chi connectivity index (χ1n) is 9.57. The van der Waals surface area contributed by atoms with Crippen LogP contribution >= 0.6 is 11.3 Å². The molecule has 2 fully saturated rings. The molecular weight excluding hydrogens is 378 g/mol. The number of carbonyl (C=O) groups excluding carboxylic acids is 3. The van der Waals surface area contributed by atoms with E-state index < -0.39 is 5.54 Å². The van der Waals surface area contributed by atoms with Gasteiger partial charge in [-0.05, 0) is 25.7 Å². The summed E-state index contributed by atoms with van der Waals surface area (Å²) in [5.41, 5.74) is 0.472. The summed E-state index contributed by atoms with van der Waals surface area (Å²) in [5.74, 6) is 0.0471. The number of fused-ring (bicyclic) bond motifs is 1. The van der Waals surface area contributed by atoms with Crippen molar-refractivity contribution in [3.8, 4) is 0 Å². The predicted octanol–water partition coefficient (Wildman–Crippen LogP) is 2.23. The lowest BCUT2D eigenvalue weighted by molar-refractivity contribution is -0.134. The molecule has 0 atom stereocenters. The number of hydrogen-bond acceptors (Lipinski definition) is 5. The molecule has 0 N–H and O–H groups in total. The number of imidazole rings is 1. The number of nitrogens with zero attached hydrogens (tertiary/aromatic N) is 5. The number of likely N-dealkylation sites (N-methyl/N-ethyl adjacent to an activating group) is 1. The van der Waals surface area contributed by atoms with E-state index in [1.807, 2.05) is 36.7 Å². The van der Waals surface area contributed by atoms with Gasteiger partial charge in [0, 0.05) is 38.3 Å². The van der Waals surface area contributed by atoms with E-state index in [4.69, 9.17) is 0 Å². The Kier molecular flexibility index (Phi) is 4.45. The van der Waals surface area contributed by atoms with Crippen molar-refractivity contribution in [3.05, 3.63) is 23.0 Å². The number of aryl methyl sites for hydroxylation is 1. The summed E-state index contributed by atoms with van der Waals surface area (Å²) < 4.78 is 1.83. The topological polar surface area (TPSA) is 78.2 Å². The monoisotopic (exact) mass is 403 g/mol. The number of rotatable bonds is 3. The van der Waals surface area contributed by atoms with E-state index in [1.54, 1.807) is 16.8 Å². The van der Waals surface area contributed by atoms with Crippen molar-refractivity contribution in [2.75, 3.05) is 26.7 Å². The van der Waals surface area contributed by atoms with Gasteiger partial charge in [0.25, 0.3) is 11.8 Å². The molecule has 0 saturated carbocycles. The quantitative estimate of drug-likeness (QED) is 0.737. The van der Waals surface area contributed by atoms with Crippen LogP contribution in [0, 0.1) is 12.8 Å². The van der Waals surface area contributed by atoms with Gasteiger partial charge in [-0.3, -0.25) is 18.9 Å². The van der Waals surface area contributed by atoms with Gasteiger partial charge in [-0.25, -0.2) is 9.78 Å². The van der Waals surface area contributed by atoms with Crippen molar-refractivity contribution in [1.82, 2.24) is 24.1 Å². The van der Waals surface area contributed by atoms with Crippen LogP contribution in [0.3, 0.4) is 0 Å². The second kappa shape index (κ2) is 6.58. The molecule has 0 unspecified atom stereocenters. The van der Waals surface area contributed by atoms with Crippen molar-refractivity contribution in [2.45, 2.75) is 39.2 Å². The highest BCUT2D eigenvalue weighted by Gasteiger charge is 2.57. The van der Waals surface area contributed by atoms with E-state index >= 15 is 0 Å². The average molecular weight is 404 g/mol. The average Bonchev–Trinajstić information content (AvgIpc) is 3.27. The number of thiazole rings is 1. The van der Waals surface area contributed by atoms with Gasteiger partial charge in [0.15, 0.2) is 4.96 Å². The highest BCUT2D eigenvalue weighted by atomic mass is 32.1. The van der Waals surface area contributed by atoms with Gasteiger partial charge in [0.1, 0.15) is 11.2 Å². The molecule has 2 saturated heterocycles. The van der Waals surface area contributed by atoms with Crippen molar-refractivity contribution in [3.63, 3.8) is 0 Å². The summed E-state index contributed by atoms with van der Waals surface area (Å²) in [5, 5.41) is 1.91. The fraction of sp³-hybridized carbons (Fsp3) is 0.579. The van der Waals surface area contributed by atoms with Crippen LogP contribution in [0.2, 0.25) is 0 Å². The summed E-state index contributed by atoms with van der Waals surface area (Å²) in [6.45, 7) is 7.35. The number of imide groups is 1. The minimum Gasteiger partial charge on any atom is -0.337 e. The molecule has 150 valence electrons. The van der Waals surface area contributed by atoms with Crippen molar-refractivity contribution >= 4 is 34.1 Å². The number of amides is 4. The van der Waals surface area contributed by atoms with Crippen molar-refractivity contribution in [1.29, 1.82) is 0 Å². The molecular formula is C19H25N5O3S. The molecule has 1 spiro atoms. The highest BCUT2D eigenvalue weighted by Crippen LogP contribution is 2.37. The number of piperidine rings is 1. The SMILES string of the molecule is Cc1nc2sccn2c1C(=O)N1CCC2(CC1)C(=O)N(C)C(=O)N2CC(C)C. The minimum atomic E-state index is -0.822. The second-order valence-electron chi connectivity index (χ2n) is 8.08. The third-order valence-corrected chi connectivity index (χ3v) is 6.56. The van der Waals surface area contributed by atoms with Gasteiger partial charge in [-0.1, -0.05) is 13.8 Å². The molecule has 4 rings (SSSR count).